The molecule has 0 spiro atoms. The number of rotatable bonds is 5. The number of nitrogens with one attached hydrogen (secondary N) is 1. The molecule has 8 heteroatoms. The summed E-state index contributed by atoms with van der Waals surface area (Å²) in [6, 6.07) is 21.2. The SMILES string of the molecule is O=C(Nc1cccc(N2CCCS2(=O)=O)c1)c1ccccc1Oc1cccc(Br)c1. The van der Waals surface area contributed by atoms with E-state index in [4.69, 9.17) is 4.74 Å². The second-order valence-corrected chi connectivity index (χ2v) is 9.73. The number of carbonyl (C=O) groups excluding carboxylic acids is 1. The largest absolute Gasteiger partial charge is 0.456 e. The van der Waals surface area contributed by atoms with Gasteiger partial charge in [-0.05, 0) is 55.0 Å². The second kappa shape index (κ2) is 8.49. The fourth-order valence-electron chi connectivity index (χ4n) is 3.27. The molecule has 0 aromatic heterocycles. The number of sulfonamides is 1. The van der Waals surface area contributed by atoms with Crippen molar-refractivity contribution in [3.05, 3.63) is 82.8 Å². The summed E-state index contributed by atoms with van der Waals surface area (Å²) in [5.74, 6) is 0.823. The first-order valence-electron chi connectivity index (χ1n) is 9.37. The third-order valence-electron chi connectivity index (χ3n) is 4.65. The monoisotopic (exact) mass is 486 g/mol. The van der Waals surface area contributed by atoms with E-state index in [1.165, 1.54) is 4.31 Å². The number of ether oxygens (including phenoxy) is 1. The van der Waals surface area contributed by atoms with Crippen LogP contribution in [-0.2, 0) is 10.0 Å². The Morgan fingerprint density at radius 1 is 1.00 bits per heavy atom. The summed E-state index contributed by atoms with van der Waals surface area (Å²) >= 11 is 3.40. The lowest BCUT2D eigenvalue weighted by molar-refractivity contribution is 0.102. The number of nitrogens with zero attached hydrogens (tertiary/aromatic N) is 1. The number of hydrogen-bond acceptors (Lipinski definition) is 4. The van der Waals surface area contributed by atoms with E-state index in [9.17, 15) is 13.2 Å². The molecule has 1 saturated heterocycles. The molecular formula is C22H19BrN2O4S. The highest BCUT2D eigenvalue weighted by atomic mass is 79.9. The van der Waals surface area contributed by atoms with E-state index in [0.717, 1.165) is 4.47 Å². The Morgan fingerprint density at radius 3 is 2.57 bits per heavy atom. The van der Waals surface area contributed by atoms with Gasteiger partial charge in [-0.25, -0.2) is 8.42 Å². The van der Waals surface area contributed by atoms with Crippen LogP contribution in [0.15, 0.2) is 77.3 Å². The summed E-state index contributed by atoms with van der Waals surface area (Å²) in [5.41, 5.74) is 1.43. The Morgan fingerprint density at radius 2 is 1.80 bits per heavy atom. The maximum atomic E-state index is 12.9. The van der Waals surface area contributed by atoms with Crippen LogP contribution in [0.25, 0.3) is 0 Å². The highest BCUT2D eigenvalue weighted by Gasteiger charge is 2.28. The van der Waals surface area contributed by atoms with Crippen molar-refractivity contribution in [2.45, 2.75) is 6.42 Å². The first kappa shape index (κ1) is 20.4. The first-order chi connectivity index (χ1) is 14.4. The maximum absolute atomic E-state index is 12.9. The number of amides is 1. The minimum Gasteiger partial charge on any atom is -0.456 e. The van der Waals surface area contributed by atoms with Crippen molar-refractivity contribution in [1.29, 1.82) is 0 Å². The lowest BCUT2D eigenvalue weighted by atomic mass is 10.1. The number of benzene rings is 3. The first-order valence-corrected chi connectivity index (χ1v) is 11.8. The van der Waals surface area contributed by atoms with Crippen LogP contribution < -0.4 is 14.4 Å². The van der Waals surface area contributed by atoms with Gasteiger partial charge in [-0.3, -0.25) is 9.10 Å². The fraction of sp³-hybridized carbons (Fsp3) is 0.136. The average molecular weight is 487 g/mol. The molecule has 154 valence electrons. The van der Waals surface area contributed by atoms with Crippen molar-refractivity contribution in [2.75, 3.05) is 21.9 Å². The molecule has 0 atom stereocenters. The van der Waals surface area contributed by atoms with E-state index >= 15 is 0 Å². The van der Waals surface area contributed by atoms with Crippen LogP contribution in [0.4, 0.5) is 11.4 Å². The average Bonchev–Trinajstić information content (AvgIpc) is 3.07. The lowest BCUT2D eigenvalue weighted by Crippen LogP contribution is -2.25. The van der Waals surface area contributed by atoms with Crippen LogP contribution in [0.2, 0.25) is 0 Å². The van der Waals surface area contributed by atoms with Crippen molar-refractivity contribution in [2.24, 2.45) is 0 Å². The Hall–Kier alpha value is -2.84. The Bertz CT molecular complexity index is 1200. The quantitative estimate of drug-likeness (QED) is 0.548. The van der Waals surface area contributed by atoms with Gasteiger partial charge in [-0.1, -0.05) is 40.2 Å². The summed E-state index contributed by atoms with van der Waals surface area (Å²) in [6.45, 7) is 0.447. The molecule has 0 bridgehead atoms. The minimum absolute atomic E-state index is 0.143. The van der Waals surface area contributed by atoms with Gasteiger partial charge in [-0.15, -0.1) is 0 Å². The van der Waals surface area contributed by atoms with Crippen LogP contribution in [0.1, 0.15) is 16.8 Å². The van der Waals surface area contributed by atoms with E-state index in [2.05, 4.69) is 21.2 Å². The molecule has 0 aliphatic carbocycles. The van der Waals surface area contributed by atoms with Gasteiger partial charge < -0.3 is 10.1 Å². The van der Waals surface area contributed by atoms with Crippen molar-refractivity contribution < 1.29 is 17.9 Å². The van der Waals surface area contributed by atoms with Gasteiger partial charge >= 0.3 is 0 Å². The molecule has 1 aliphatic rings. The summed E-state index contributed by atoms with van der Waals surface area (Å²) in [6.07, 6.45) is 0.596. The predicted octanol–water partition coefficient (Wildman–Crippen LogP) is 5.03. The Kier molecular flexibility index (Phi) is 5.78. The van der Waals surface area contributed by atoms with Crippen molar-refractivity contribution in [3.63, 3.8) is 0 Å². The van der Waals surface area contributed by atoms with Gasteiger partial charge in [0.15, 0.2) is 0 Å². The zero-order valence-corrected chi connectivity index (χ0v) is 18.3. The highest BCUT2D eigenvalue weighted by Crippen LogP contribution is 2.29. The van der Waals surface area contributed by atoms with Gasteiger partial charge in [0.1, 0.15) is 11.5 Å². The molecule has 1 aliphatic heterocycles. The van der Waals surface area contributed by atoms with E-state index in [-0.39, 0.29) is 11.7 Å². The summed E-state index contributed by atoms with van der Waals surface area (Å²) in [5, 5.41) is 2.84. The van der Waals surface area contributed by atoms with Crippen molar-refractivity contribution in [1.82, 2.24) is 0 Å². The number of hydrogen-bond donors (Lipinski definition) is 1. The molecule has 1 fully saturated rings. The van der Waals surface area contributed by atoms with Crippen LogP contribution >= 0.6 is 15.9 Å². The van der Waals surface area contributed by atoms with E-state index < -0.39 is 10.0 Å². The molecule has 1 amide bonds. The third kappa shape index (κ3) is 4.49. The van der Waals surface area contributed by atoms with Gasteiger partial charge in [0.25, 0.3) is 5.91 Å². The molecule has 0 unspecified atom stereocenters. The van der Waals surface area contributed by atoms with Gasteiger partial charge in [0, 0.05) is 16.7 Å². The summed E-state index contributed by atoms with van der Waals surface area (Å²) in [7, 11) is -3.29. The summed E-state index contributed by atoms with van der Waals surface area (Å²) < 4.78 is 32.5. The van der Waals surface area contributed by atoms with Gasteiger partial charge in [-0.2, -0.15) is 0 Å². The van der Waals surface area contributed by atoms with E-state index in [1.807, 2.05) is 18.2 Å². The highest BCUT2D eigenvalue weighted by molar-refractivity contribution is 9.10. The van der Waals surface area contributed by atoms with Gasteiger partial charge in [0.05, 0.1) is 17.0 Å². The molecule has 1 N–H and O–H groups in total. The topological polar surface area (TPSA) is 75.7 Å². The lowest BCUT2D eigenvalue weighted by Gasteiger charge is -2.18. The molecule has 30 heavy (non-hydrogen) atoms. The van der Waals surface area contributed by atoms with Crippen LogP contribution in [0, 0.1) is 0 Å². The number of para-hydroxylation sites is 1. The molecule has 6 nitrogen and oxygen atoms in total. The van der Waals surface area contributed by atoms with Crippen molar-refractivity contribution in [3.8, 4) is 11.5 Å². The smallest absolute Gasteiger partial charge is 0.259 e. The normalized spacial score (nSPS) is 15.0. The number of halogens is 1. The molecular weight excluding hydrogens is 468 g/mol. The molecule has 1 heterocycles. The summed E-state index contributed by atoms with van der Waals surface area (Å²) in [4.78, 5) is 12.9. The minimum atomic E-state index is -3.29. The predicted molar refractivity (Wildman–Crippen MR) is 121 cm³/mol. The Labute approximate surface area is 183 Å². The third-order valence-corrected chi connectivity index (χ3v) is 7.01. The standard InChI is InChI=1S/C22H19BrN2O4S/c23-16-6-3-9-19(14-16)29-21-11-2-1-10-20(21)22(26)24-17-7-4-8-18(15-17)25-12-5-13-30(25,27)28/h1-4,6-11,14-15H,5,12-13H2,(H,24,26). The van der Waals surface area contributed by atoms with Gasteiger partial charge in [0.2, 0.25) is 10.0 Å². The van der Waals surface area contributed by atoms with E-state index in [0.29, 0.717) is 41.4 Å². The number of carbonyl (C=O) groups is 1. The fourth-order valence-corrected chi connectivity index (χ4v) is 5.20. The molecule has 0 radical (unpaired) electrons. The maximum Gasteiger partial charge on any atom is 0.259 e. The Balaban J connectivity index is 1.56. The molecule has 4 rings (SSSR count). The van der Waals surface area contributed by atoms with Crippen LogP contribution in [0.5, 0.6) is 11.5 Å². The zero-order chi connectivity index (χ0) is 21.1. The van der Waals surface area contributed by atoms with Crippen LogP contribution in [-0.4, -0.2) is 26.6 Å². The zero-order valence-electron chi connectivity index (χ0n) is 15.9. The van der Waals surface area contributed by atoms with E-state index in [1.54, 1.807) is 54.6 Å². The number of anilines is 2. The second-order valence-electron chi connectivity index (χ2n) is 6.80. The molecule has 3 aromatic carbocycles. The molecule has 0 saturated carbocycles. The molecule has 3 aromatic rings. The van der Waals surface area contributed by atoms with Crippen molar-refractivity contribution >= 4 is 43.2 Å². The van der Waals surface area contributed by atoms with Crippen LogP contribution in [0.3, 0.4) is 0 Å².